The Morgan fingerprint density at radius 2 is 1.69 bits per heavy atom. The minimum atomic E-state index is 0.0922. The van der Waals surface area contributed by atoms with Crippen LogP contribution >= 0.6 is 0 Å². The van der Waals surface area contributed by atoms with Gasteiger partial charge in [-0.15, -0.1) is 0 Å². The zero-order valence-corrected chi connectivity index (χ0v) is 10.9. The van der Waals surface area contributed by atoms with Gasteiger partial charge in [-0.2, -0.15) is 0 Å². The molecule has 0 aromatic heterocycles. The standard InChI is InChI=1S/C13H28O3/c1-3-5-7-13(6-4-2)12-16-11-10-15-9-8-14/h13-14H,3-12H2,1-2H3. The fourth-order valence-corrected chi connectivity index (χ4v) is 1.75. The highest BCUT2D eigenvalue weighted by Crippen LogP contribution is 2.15. The van der Waals surface area contributed by atoms with Gasteiger partial charge < -0.3 is 14.6 Å². The van der Waals surface area contributed by atoms with Crippen LogP contribution in [0.1, 0.15) is 46.0 Å². The lowest BCUT2D eigenvalue weighted by atomic mass is 9.98. The summed E-state index contributed by atoms with van der Waals surface area (Å²) in [7, 11) is 0. The summed E-state index contributed by atoms with van der Waals surface area (Å²) in [5.74, 6) is 0.711. The molecule has 0 fully saturated rings. The highest BCUT2D eigenvalue weighted by Gasteiger charge is 2.07. The average molecular weight is 232 g/mol. The van der Waals surface area contributed by atoms with Crippen molar-refractivity contribution in [3.05, 3.63) is 0 Å². The second-order valence-corrected chi connectivity index (χ2v) is 4.21. The van der Waals surface area contributed by atoms with Gasteiger partial charge in [0.15, 0.2) is 0 Å². The molecule has 0 aliphatic rings. The number of hydrogen-bond donors (Lipinski definition) is 1. The van der Waals surface area contributed by atoms with Crippen molar-refractivity contribution in [3.63, 3.8) is 0 Å². The molecule has 0 aromatic rings. The van der Waals surface area contributed by atoms with Crippen LogP contribution in [0.5, 0.6) is 0 Å². The fraction of sp³-hybridized carbons (Fsp3) is 1.00. The van der Waals surface area contributed by atoms with Crippen molar-refractivity contribution in [1.29, 1.82) is 0 Å². The van der Waals surface area contributed by atoms with E-state index in [-0.39, 0.29) is 6.61 Å². The fourth-order valence-electron chi connectivity index (χ4n) is 1.75. The van der Waals surface area contributed by atoms with Crippen LogP contribution in [-0.4, -0.2) is 38.1 Å². The van der Waals surface area contributed by atoms with E-state index in [0.29, 0.717) is 25.7 Å². The molecule has 3 heteroatoms. The maximum Gasteiger partial charge on any atom is 0.0701 e. The predicted octanol–water partition coefficient (Wildman–Crippen LogP) is 2.62. The van der Waals surface area contributed by atoms with Crippen molar-refractivity contribution >= 4 is 0 Å². The number of aliphatic hydroxyl groups is 1. The largest absolute Gasteiger partial charge is 0.394 e. The Balaban J connectivity index is 3.36. The molecule has 0 heterocycles. The van der Waals surface area contributed by atoms with Crippen molar-refractivity contribution in [1.82, 2.24) is 0 Å². The van der Waals surface area contributed by atoms with Gasteiger partial charge in [0.05, 0.1) is 26.4 Å². The second kappa shape index (κ2) is 12.9. The third kappa shape index (κ3) is 10.4. The Morgan fingerprint density at radius 1 is 0.938 bits per heavy atom. The van der Waals surface area contributed by atoms with Gasteiger partial charge in [0, 0.05) is 6.61 Å². The van der Waals surface area contributed by atoms with Gasteiger partial charge in [-0.25, -0.2) is 0 Å². The van der Waals surface area contributed by atoms with Gasteiger partial charge >= 0.3 is 0 Å². The van der Waals surface area contributed by atoms with Crippen LogP contribution in [0.2, 0.25) is 0 Å². The topological polar surface area (TPSA) is 38.7 Å². The molecule has 16 heavy (non-hydrogen) atoms. The Hall–Kier alpha value is -0.120. The zero-order valence-electron chi connectivity index (χ0n) is 10.9. The molecule has 0 saturated carbocycles. The Morgan fingerprint density at radius 3 is 2.31 bits per heavy atom. The Bertz CT molecular complexity index is 128. The third-order valence-corrected chi connectivity index (χ3v) is 2.62. The first-order valence-corrected chi connectivity index (χ1v) is 6.61. The van der Waals surface area contributed by atoms with Crippen molar-refractivity contribution < 1.29 is 14.6 Å². The summed E-state index contributed by atoms with van der Waals surface area (Å²) in [6.45, 7) is 7.05. The molecule has 3 nitrogen and oxygen atoms in total. The molecule has 0 aliphatic heterocycles. The number of hydrogen-bond acceptors (Lipinski definition) is 3. The van der Waals surface area contributed by atoms with E-state index in [4.69, 9.17) is 14.6 Å². The molecule has 98 valence electrons. The summed E-state index contributed by atoms with van der Waals surface area (Å²) in [5, 5.41) is 8.51. The number of aliphatic hydroxyl groups excluding tert-OH is 1. The average Bonchev–Trinajstić information content (AvgIpc) is 2.30. The molecule has 1 unspecified atom stereocenters. The molecular formula is C13H28O3. The Kier molecular flexibility index (Phi) is 12.9. The minimum Gasteiger partial charge on any atom is -0.394 e. The molecule has 0 bridgehead atoms. The quantitative estimate of drug-likeness (QED) is 0.526. The first-order chi connectivity index (χ1) is 7.85. The second-order valence-electron chi connectivity index (χ2n) is 4.21. The lowest BCUT2D eigenvalue weighted by molar-refractivity contribution is 0.0197. The summed E-state index contributed by atoms with van der Waals surface area (Å²) < 4.78 is 10.7. The normalized spacial score (nSPS) is 12.9. The molecule has 0 aromatic carbocycles. The molecule has 0 rings (SSSR count). The molecule has 0 spiro atoms. The molecule has 1 N–H and O–H groups in total. The maximum absolute atomic E-state index is 8.51. The summed E-state index contributed by atoms with van der Waals surface area (Å²) >= 11 is 0. The van der Waals surface area contributed by atoms with E-state index in [1.165, 1.54) is 32.1 Å². The van der Waals surface area contributed by atoms with E-state index >= 15 is 0 Å². The minimum absolute atomic E-state index is 0.0922. The Labute approximate surface area is 100 Å². The van der Waals surface area contributed by atoms with Crippen molar-refractivity contribution in [2.45, 2.75) is 46.0 Å². The first-order valence-electron chi connectivity index (χ1n) is 6.61. The lowest BCUT2D eigenvalue weighted by Crippen LogP contribution is -2.13. The van der Waals surface area contributed by atoms with Crippen LogP contribution < -0.4 is 0 Å². The zero-order chi connectivity index (χ0) is 12.1. The molecule has 1 atom stereocenters. The predicted molar refractivity (Wildman–Crippen MR) is 66.6 cm³/mol. The molecule has 0 saturated heterocycles. The van der Waals surface area contributed by atoms with Gasteiger partial charge in [-0.3, -0.25) is 0 Å². The van der Waals surface area contributed by atoms with Crippen LogP contribution in [0, 0.1) is 5.92 Å². The van der Waals surface area contributed by atoms with E-state index in [1.54, 1.807) is 0 Å². The lowest BCUT2D eigenvalue weighted by Gasteiger charge is -2.15. The van der Waals surface area contributed by atoms with Crippen molar-refractivity contribution in [2.24, 2.45) is 5.92 Å². The van der Waals surface area contributed by atoms with Crippen molar-refractivity contribution in [2.75, 3.05) is 33.0 Å². The van der Waals surface area contributed by atoms with Crippen LogP contribution in [0.3, 0.4) is 0 Å². The van der Waals surface area contributed by atoms with Crippen LogP contribution in [0.15, 0.2) is 0 Å². The van der Waals surface area contributed by atoms with E-state index < -0.39 is 0 Å². The highest BCUT2D eigenvalue weighted by molar-refractivity contribution is 4.57. The first kappa shape index (κ1) is 15.9. The van der Waals surface area contributed by atoms with Crippen LogP contribution in [0.25, 0.3) is 0 Å². The number of unbranched alkanes of at least 4 members (excludes halogenated alkanes) is 1. The van der Waals surface area contributed by atoms with E-state index in [1.807, 2.05) is 0 Å². The van der Waals surface area contributed by atoms with Gasteiger partial charge in [0.1, 0.15) is 0 Å². The van der Waals surface area contributed by atoms with E-state index in [0.717, 1.165) is 6.61 Å². The third-order valence-electron chi connectivity index (χ3n) is 2.62. The molecule has 0 amide bonds. The van der Waals surface area contributed by atoms with E-state index in [9.17, 15) is 0 Å². The van der Waals surface area contributed by atoms with Crippen molar-refractivity contribution in [3.8, 4) is 0 Å². The monoisotopic (exact) mass is 232 g/mol. The van der Waals surface area contributed by atoms with Crippen LogP contribution in [0.4, 0.5) is 0 Å². The van der Waals surface area contributed by atoms with Gasteiger partial charge in [0.25, 0.3) is 0 Å². The molecule has 0 radical (unpaired) electrons. The summed E-state index contributed by atoms with van der Waals surface area (Å²) in [6, 6.07) is 0. The summed E-state index contributed by atoms with van der Waals surface area (Å²) in [5.41, 5.74) is 0. The van der Waals surface area contributed by atoms with Gasteiger partial charge in [0.2, 0.25) is 0 Å². The highest BCUT2D eigenvalue weighted by atomic mass is 16.5. The smallest absolute Gasteiger partial charge is 0.0701 e. The summed E-state index contributed by atoms with van der Waals surface area (Å²) in [6.07, 6.45) is 6.34. The van der Waals surface area contributed by atoms with E-state index in [2.05, 4.69) is 13.8 Å². The van der Waals surface area contributed by atoms with Gasteiger partial charge in [-0.1, -0.05) is 33.1 Å². The number of rotatable bonds is 12. The molecular weight excluding hydrogens is 204 g/mol. The maximum atomic E-state index is 8.51. The number of ether oxygens (including phenoxy) is 2. The SMILES string of the molecule is CCCCC(CCC)COCCOCCO. The van der Waals surface area contributed by atoms with Gasteiger partial charge in [-0.05, 0) is 18.8 Å². The molecule has 0 aliphatic carbocycles. The summed E-state index contributed by atoms with van der Waals surface area (Å²) in [4.78, 5) is 0. The van der Waals surface area contributed by atoms with Crippen LogP contribution in [-0.2, 0) is 9.47 Å².